The maximum absolute atomic E-state index is 12.7. The average molecular weight is 853 g/mol. The summed E-state index contributed by atoms with van der Waals surface area (Å²) in [5.41, 5.74) is 0. The summed E-state index contributed by atoms with van der Waals surface area (Å²) < 4.78 is 22.8. The van der Waals surface area contributed by atoms with E-state index < -0.39 is 26.6 Å². The molecule has 0 aliphatic heterocycles. The number of nitrogens with zero attached hydrogens (tertiary/aromatic N) is 1. The van der Waals surface area contributed by atoms with Crippen LogP contribution in [0.15, 0.2) is 122 Å². The molecule has 0 heterocycles. The molecule has 0 aromatic carbocycles. The number of hydrogen-bond acceptors (Lipinski definition) is 6. The second-order valence-corrected chi connectivity index (χ2v) is 17.4. The maximum atomic E-state index is 12.7. The van der Waals surface area contributed by atoms with Crippen LogP contribution in [0.1, 0.15) is 142 Å². The largest absolute Gasteiger partial charge is 0.756 e. The van der Waals surface area contributed by atoms with Gasteiger partial charge in [-0.05, 0) is 83.5 Å². The normalized spacial score (nSPS) is 15.4. The number of allylic oxidation sites excluding steroid dienone is 19. The van der Waals surface area contributed by atoms with Crippen molar-refractivity contribution in [3.8, 4) is 0 Å². The van der Waals surface area contributed by atoms with Gasteiger partial charge in [-0.2, -0.15) is 0 Å². The Kier molecular flexibility index (Phi) is 39.1. The number of nitrogens with one attached hydrogen (secondary N) is 1. The first-order chi connectivity index (χ1) is 29.0. The second kappa shape index (κ2) is 41.3. The molecule has 8 nitrogen and oxygen atoms in total. The van der Waals surface area contributed by atoms with Crippen molar-refractivity contribution in [1.29, 1.82) is 0 Å². The van der Waals surface area contributed by atoms with Crippen molar-refractivity contribution in [2.75, 3.05) is 40.9 Å². The quantitative estimate of drug-likeness (QED) is 0.0276. The number of carbonyl (C=O) groups is 1. The number of aliphatic hydroxyl groups excluding tert-OH is 1. The van der Waals surface area contributed by atoms with Gasteiger partial charge in [0.25, 0.3) is 7.82 Å². The molecule has 0 radical (unpaired) electrons. The SMILES string of the molecule is CC/C=C\C/C=C\C/C=C\C/C=C\C/C=C\C/C=C\C/C=C\C/C=C\C/C=C\CCCCCCCCCC(=O)NC(COP(=O)([O-])OCC[N+](C)(C)C)C(O)/C=C/CCC. The van der Waals surface area contributed by atoms with Gasteiger partial charge in [-0.1, -0.05) is 174 Å². The molecule has 0 spiro atoms. The molecule has 2 N–H and O–H groups in total. The standard InChI is InChI=1S/C51H85N2O6P/c1-6-8-10-11-12-13-14-15-16-17-18-19-20-21-22-23-24-25-26-27-28-29-30-31-32-33-34-35-36-37-38-39-40-41-43-45-51(55)52-49(50(54)44-42-9-7-2)48-59-60(56,57)58-47-46-53(3,4)5/h8,10,12-13,15-16,18-19,21-22,24-25,27-28,30-31,33-34,42,44,49-50,54H,6-7,9,11,14,17,20,23,26,29,32,35-41,43,45-48H2,1-5H3,(H-,52,55,56,57)/b10-8-,13-12-,16-15-,19-18-,22-21-,25-24-,28-27-,31-30-,34-33-,44-42+. The first-order valence-corrected chi connectivity index (χ1v) is 24.4. The lowest BCUT2D eigenvalue weighted by molar-refractivity contribution is -0.870. The van der Waals surface area contributed by atoms with Crippen molar-refractivity contribution in [2.24, 2.45) is 0 Å². The predicted octanol–water partition coefficient (Wildman–Crippen LogP) is 12.4. The average Bonchev–Trinajstić information content (AvgIpc) is 3.20. The second-order valence-electron chi connectivity index (χ2n) is 16.0. The minimum absolute atomic E-state index is 0.0120. The first-order valence-electron chi connectivity index (χ1n) is 22.9. The third kappa shape index (κ3) is 43.0. The molecular formula is C51H85N2O6P. The summed E-state index contributed by atoms with van der Waals surface area (Å²) in [5, 5.41) is 13.4. The summed E-state index contributed by atoms with van der Waals surface area (Å²) in [7, 11) is 1.22. The van der Waals surface area contributed by atoms with Crippen LogP contribution in [0.3, 0.4) is 0 Å². The first kappa shape index (κ1) is 56.9. The number of rotatable bonds is 39. The monoisotopic (exact) mass is 853 g/mol. The van der Waals surface area contributed by atoms with Crippen LogP contribution in [0.2, 0.25) is 0 Å². The van der Waals surface area contributed by atoms with E-state index in [0.29, 0.717) is 17.4 Å². The summed E-state index contributed by atoms with van der Waals surface area (Å²) in [6.07, 6.45) is 62.1. The lowest BCUT2D eigenvalue weighted by atomic mass is 10.1. The molecule has 1 amide bonds. The van der Waals surface area contributed by atoms with Gasteiger partial charge < -0.3 is 28.8 Å². The smallest absolute Gasteiger partial charge is 0.268 e. The van der Waals surface area contributed by atoms with Crippen LogP contribution in [0.5, 0.6) is 0 Å². The number of hydrogen-bond donors (Lipinski definition) is 2. The van der Waals surface area contributed by atoms with E-state index in [2.05, 4.69) is 122 Å². The van der Waals surface area contributed by atoms with Crippen molar-refractivity contribution < 1.29 is 32.9 Å². The van der Waals surface area contributed by atoms with Crippen LogP contribution in [-0.4, -0.2) is 68.5 Å². The van der Waals surface area contributed by atoms with Gasteiger partial charge in [-0.15, -0.1) is 0 Å². The summed E-state index contributed by atoms with van der Waals surface area (Å²) in [6.45, 7) is 4.26. The Bertz CT molecular complexity index is 1380. The lowest BCUT2D eigenvalue weighted by Gasteiger charge is -2.29. The zero-order valence-corrected chi connectivity index (χ0v) is 39.2. The Labute approximate surface area is 367 Å². The van der Waals surface area contributed by atoms with E-state index in [-0.39, 0.29) is 12.5 Å². The number of aliphatic hydroxyl groups is 1. The fourth-order valence-corrected chi connectivity index (χ4v) is 6.28. The van der Waals surface area contributed by atoms with E-state index in [1.165, 1.54) is 19.3 Å². The fraction of sp³-hybridized carbons (Fsp3) is 0.588. The summed E-state index contributed by atoms with van der Waals surface area (Å²) in [4.78, 5) is 24.9. The third-order valence-corrected chi connectivity index (χ3v) is 10.1. The molecule has 0 bridgehead atoms. The Balaban J connectivity index is 3.96. The number of amides is 1. The van der Waals surface area contributed by atoms with E-state index in [1.807, 2.05) is 34.1 Å². The Morgan fingerprint density at radius 3 is 1.45 bits per heavy atom. The van der Waals surface area contributed by atoms with E-state index in [9.17, 15) is 19.4 Å². The highest BCUT2D eigenvalue weighted by molar-refractivity contribution is 7.45. The Morgan fingerprint density at radius 1 is 0.600 bits per heavy atom. The molecule has 0 aromatic heterocycles. The zero-order chi connectivity index (χ0) is 44.3. The molecule has 0 aliphatic carbocycles. The van der Waals surface area contributed by atoms with Crippen LogP contribution in [0, 0.1) is 0 Å². The highest BCUT2D eigenvalue weighted by atomic mass is 31.2. The minimum atomic E-state index is -4.57. The van der Waals surface area contributed by atoms with Crippen LogP contribution in [-0.2, 0) is 18.4 Å². The number of quaternary nitrogens is 1. The van der Waals surface area contributed by atoms with Gasteiger partial charge in [-0.25, -0.2) is 0 Å². The van der Waals surface area contributed by atoms with Crippen molar-refractivity contribution >= 4 is 13.7 Å². The van der Waals surface area contributed by atoms with Gasteiger partial charge in [0.15, 0.2) is 0 Å². The molecular weight excluding hydrogens is 768 g/mol. The van der Waals surface area contributed by atoms with Crippen LogP contribution >= 0.6 is 7.82 Å². The minimum Gasteiger partial charge on any atom is -0.756 e. The molecule has 3 unspecified atom stereocenters. The summed E-state index contributed by atoms with van der Waals surface area (Å²) >= 11 is 0. The topological polar surface area (TPSA) is 108 Å². The molecule has 0 fully saturated rings. The van der Waals surface area contributed by atoms with Gasteiger partial charge >= 0.3 is 0 Å². The molecule has 0 saturated carbocycles. The lowest BCUT2D eigenvalue weighted by Crippen LogP contribution is -2.45. The number of likely N-dealkylation sites (N-methyl/N-ethyl adjacent to an activating group) is 1. The molecule has 0 aromatic rings. The van der Waals surface area contributed by atoms with Crippen molar-refractivity contribution in [3.05, 3.63) is 122 Å². The van der Waals surface area contributed by atoms with Crippen LogP contribution in [0.25, 0.3) is 0 Å². The molecule has 340 valence electrons. The molecule has 0 aliphatic rings. The fourth-order valence-electron chi connectivity index (χ4n) is 5.56. The van der Waals surface area contributed by atoms with Gasteiger partial charge in [0.2, 0.25) is 5.91 Å². The zero-order valence-electron chi connectivity index (χ0n) is 38.3. The summed E-state index contributed by atoms with van der Waals surface area (Å²) in [6, 6.07) is -0.896. The number of phosphoric ester groups is 1. The number of phosphoric acid groups is 1. The van der Waals surface area contributed by atoms with Gasteiger partial charge in [0.1, 0.15) is 13.2 Å². The number of carbonyl (C=O) groups excluding carboxylic acids is 1. The molecule has 0 rings (SSSR count). The Hall–Kier alpha value is -3.10. The van der Waals surface area contributed by atoms with E-state index in [1.54, 1.807) is 6.08 Å². The molecule has 3 atom stereocenters. The van der Waals surface area contributed by atoms with E-state index in [4.69, 9.17) is 9.05 Å². The number of unbranched alkanes of at least 4 members (excludes halogenated alkanes) is 8. The van der Waals surface area contributed by atoms with Crippen molar-refractivity contribution in [3.63, 3.8) is 0 Å². The van der Waals surface area contributed by atoms with Gasteiger partial charge in [0.05, 0.1) is 39.9 Å². The summed E-state index contributed by atoms with van der Waals surface area (Å²) in [5.74, 6) is -0.229. The molecule has 60 heavy (non-hydrogen) atoms. The maximum Gasteiger partial charge on any atom is 0.268 e. The van der Waals surface area contributed by atoms with Gasteiger partial charge in [-0.3, -0.25) is 9.36 Å². The molecule has 0 saturated heterocycles. The van der Waals surface area contributed by atoms with Crippen LogP contribution < -0.4 is 10.2 Å². The van der Waals surface area contributed by atoms with E-state index >= 15 is 0 Å². The van der Waals surface area contributed by atoms with Gasteiger partial charge in [0, 0.05) is 6.42 Å². The highest BCUT2D eigenvalue weighted by Gasteiger charge is 2.23. The molecule has 9 heteroatoms. The Morgan fingerprint density at radius 2 is 1.02 bits per heavy atom. The van der Waals surface area contributed by atoms with Crippen molar-refractivity contribution in [2.45, 2.75) is 154 Å². The van der Waals surface area contributed by atoms with Crippen LogP contribution in [0.4, 0.5) is 0 Å². The highest BCUT2D eigenvalue weighted by Crippen LogP contribution is 2.38. The third-order valence-electron chi connectivity index (χ3n) is 9.16. The van der Waals surface area contributed by atoms with Crippen molar-refractivity contribution in [1.82, 2.24) is 5.32 Å². The van der Waals surface area contributed by atoms with E-state index in [0.717, 1.165) is 103 Å². The predicted molar refractivity (Wildman–Crippen MR) is 255 cm³/mol.